The highest BCUT2D eigenvalue weighted by Crippen LogP contribution is 2.57. The van der Waals surface area contributed by atoms with Gasteiger partial charge in [0, 0.05) is 5.92 Å². The zero-order valence-electron chi connectivity index (χ0n) is 10.1. The molecule has 0 aromatic carbocycles. The zero-order chi connectivity index (χ0) is 13.2. The van der Waals surface area contributed by atoms with Gasteiger partial charge in [-0.25, -0.2) is 8.78 Å². The highest BCUT2D eigenvalue weighted by Gasteiger charge is 2.67. The van der Waals surface area contributed by atoms with Crippen molar-refractivity contribution in [3.63, 3.8) is 0 Å². The third-order valence-corrected chi connectivity index (χ3v) is 3.62. The Morgan fingerprint density at radius 3 is 1.44 bits per heavy atom. The maximum absolute atomic E-state index is 13.9. The van der Waals surface area contributed by atoms with Gasteiger partial charge in [-0.3, -0.25) is 0 Å². The van der Waals surface area contributed by atoms with Gasteiger partial charge < -0.3 is 0 Å². The molecule has 98 valence electrons. The van der Waals surface area contributed by atoms with Gasteiger partial charge in [0.15, 0.2) is 0 Å². The van der Waals surface area contributed by atoms with Crippen molar-refractivity contribution in [3.05, 3.63) is 0 Å². The molecule has 5 heteroatoms. The van der Waals surface area contributed by atoms with Crippen LogP contribution in [0.1, 0.15) is 47.0 Å². The monoisotopic (exact) mass is 246 g/mol. The molecule has 0 aliphatic rings. The lowest BCUT2D eigenvalue weighted by atomic mass is 9.70. The van der Waals surface area contributed by atoms with Gasteiger partial charge in [-0.05, 0) is 19.3 Å². The predicted molar refractivity (Wildman–Crippen MR) is 53.5 cm³/mol. The van der Waals surface area contributed by atoms with Crippen molar-refractivity contribution >= 4 is 0 Å². The summed E-state index contributed by atoms with van der Waals surface area (Å²) in [6.07, 6.45) is -6.02. The quantitative estimate of drug-likeness (QED) is 0.596. The van der Waals surface area contributed by atoms with E-state index in [-0.39, 0.29) is 6.42 Å². The molecule has 0 nitrogen and oxygen atoms in total. The van der Waals surface area contributed by atoms with E-state index in [0.29, 0.717) is 0 Å². The summed E-state index contributed by atoms with van der Waals surface area (Å²) in [4.78, 5) is 0. The molecule has 0 aromatic heterocycles. The highest BCUT2D eigenvalue weighted by molar-refractivity contribution is 4.98. The second-order valence-electron chi connectivity index (χ2n) is 4.22. The topological polar surface area (TPSA) is 0 Å². The van der Waals surface area contributed by atoms with Gasteiger partial charge in [0.25, 0.3) is 5.92 Å². The Balaban J connectivity index is 5.51. The third-order valence-electron chi connectivity index (χ3n) is 3.62. The van der Waals surface area contributed by atoms with Crippen molar-refractivity contribution in [2.75, 3.05) is 0 Å². The van der Waals surface area contributed by atoms with E-state index < -0.39 is 36.3 Å². The van der Waals surface area contributed by atoms with Crippen molar-refractivity contribution in [1.82, 2.24) is 0 Å². The molecule has 0 spiro atoms. The number of hydrogen-bond donors (Lipinski definition) is 0. The van der Waals surface area contributed by atoms with Crippen LogP contribution in [0, 0.1) is 11.3 Å². The Hall–Kier alpha value is -0.350. The molecule has 0 fully saturated rings. The van der Waals surface area contributed by atoms with Crippen LogP contribution in [-0.4, -0.2) is 12.1 Å². The van der Waals surface area contributed by atoms with Crippen LogP contribution in [0.25, 0.3) is 0 Å². The van der Waals surface area contributed by atoms with Crippen LogP contribution in [0.2, 0.25) is 0 Å². The summed E-state index contributed by atoms with van der Waals surface area (Å²) < 4.78 is 66.5. The molecule has 0 radical (unpaired) electrons. The van der Waals surface area contributed by atoms with Gasteiger partial charge in [-0.2, -0.15) is 13.2 Å². The number of halogens is 5. The summed E-state index contributed by atoms with van der Waals surface area (Å²) in [7, 11) is 0. The van der Waals surface area contributed by atoms with Crippen LogP contribution in [0.4, 0.5) is 22.0 Å². The van der Waals surface area contributed by atoms with E-state index in [1.54, 1.807) is 0 Å². The third kappa shape index (κ3) is 2.18. The highest BCUT2D eigenvalue weighted by atomic mass is 19.4. The molecule has 0 amide bonds. The molecule has 0 rings (SSSR count). The minimum atomic E-state index is -4.87. The van der Waals surface area contributed by atoms with Crippen LogP contribution < -0.4 is 0 Å². The van der Waals surface area contributed by atoms with Crippen LogP contribution in [-0.2, 0) is 0 Å². The van der Waals surface area contributed by atoms with Crippen LogP contribution in [0.3, 0.4) is 0 Å². The fourth-order valence-corrected chi connectivity index (χ4v) is 2.04. The van der Waals surface area contributed by atoms with Crippen LogP contribution in [0.15, 0.2) is 0 Å². The fourth-order valence-electron chi connectivity index (χ4n) is 2.04. The molecule has 0 N–H and O–H groups in total. The summed E-state index contributed by atoms with van der Waals surface area (Å²) in [5, 5.41) is 0. The lowest BCUT2D eigenvalue weighted by Crippen LogP contribution is -2.54. The first-order chi connectivity index (χ1) is 7.10. The van der Waals surface area contributed by atoms with Gasteiger partial charge in [-0.1, -0.05) is 27.7 Å². The smallest absolute Gasteiger partial charge is 0.206 e. The van der Waals surface area contributed by atoms with E-state index in [9.17, 15) is 22.0 Å². The lowest BCUT2D eigenvalue weighted by molar-refractivity contribution is -0.315. The van der Waals surface area contributed by atoms with E-state index in [1.165, 1.54) is 27.7 Å². The van der Waals surface area contributed by atoms with E-state index in [2.05, 4.69) is 0 Å². The van der Waals surface area contributed by atoms with Gasteiger partial charge in [-0.15, -0.1) is 0 Å². The number of alkyl halides is 5. The van der Waals surface area contributed by atoms with Gasteiger partial charge in [0.1, 0.15) is 5.41 Å². The summed E-state index contributed by atoms with van der Waals surface area (Å²) >= 11 is 0. The first-order valence-electron chi connectivity index (χ1n) is 5.55. The summed E-state index contributed by atoms with van der Waals surface area (Å²) in [5.74, 6) is -4.99. The first kappa shape index (κ1) is 15.7. The Labute approximate surface area is 93.2 Å². The Bertz CT molecular complexity index is 215. The maximum Gasteiger partial charge on any atom is 0.400 e. The Kier molecular flexibility index (Phi) is 4.77. The average molecular weight is 246 g/mol. The maximum atomic E-state index is 13.9. The zero-order valence-corrected chi connectivity index (χ0v) is 10.1. The SMILES string of the molecule is CCC(C)C(F)(F)C(CC)(CC)C(F)(F)F. The van der Waals surface area contributed by atoms with Crippen molar-refractivity contribution in [2.24, 2.45) is 11.3 Å². The molecule has 1 unspecified atom stereocenters. The van der Waals surface area contributed by atoms with Crippen molar-refractivity contribution in [2.45, 2.75) is 59.1 Å². The summed E-state index contributed by atoms with van der Waals surface area (Å²) in [6, 6.07) is 0. The molecule has 0 aliphatic heterocycles. The fraction of sp³-hybridized carbons (Fsp3) is 1.00. The average Bonchev–Trinajstić information content (AvgIpc) is 2.16. The predicted octanol–water partition coefficient (Wildman–Crippen LogP) is 5.04. The van der Waals surface area contributed by atoms with Crippen LogP contribution >= 0.6 is 0 Å². The second-order valence-corrected chi connectivity index (χ2v) is 4.22. The molecular formula is C11H19F5. The summed E-state index contributed by atoms with van der Waals surface area (Å²) in [6.45, 7) is 5.00. The van der Waals surface area contributed by atoms with Crippen molar-refractivity contribution in [3.8, 4) is 0 Å². The van der Waals surface area contributed by atoms with Gasteiger partial charge >= 0.3 is 6.18 Å². The minimum absolute atomic E-state index is 0.0326. The molecule has 0 saturated carbocycles. The Morgan fingerprint density at radius 2 is 1.25 bits per heavy atom. The Morgan fingerprint density at radius 1 is 0.875 bits per heavy atom. The standard InChI is InChI=1S/C11H19F5/c1-5-8(4)10(12,13)9(6-2,7-3)11(14,15)16/h8H,5-7H2,1-4H3. The van der Waals surface area contributed by atoms with E-state index in [4.69, 9.17) is 0 Å². The number of rotatable bonds is 5. The number of hydrogen-bond acceptors (Lipinski definition) is 0. The summed E-state index contributed by atoms with van der Waals surface area (Å²) in [5.41, 5.74) is -2.89. The molecule has 0 saturated heterocycles. The van der Waals surface area contributed by atoms with Crippen molar-refractivity contribution in [1.29, 1.82) is 0 Å². The molecule has 1 atom stereocenters. The van der Waals surface area contributed by atoms with E-state index in [1.807, 2.05) is 0 Å². The molecule has 16 heavy (non-hydrogen) atoms. The van der Waals surface area contributed by atoms with Crippen LogP contribution in [0.5, 0.6) is 0 Å². The largest absolute Gasteiger partial charge is 0.400 e. The molecule has 0 heterocycles. The van der Waals surface area contributed by atoms with Gasteiger partial charge in [0.2, 0.25) is 0 Å². The molecular weight excluding hydrogens is 227 g/mol. The minimum Gasteiger partial charge on any atom is -0.206 e. The van der Waals surface area contributed by atoms with E-state index >= 15 is 0 Å². The second kappa shape index (κ2) is 4.88. The lowest BCUT2D eigenvalue weighted by Gasteiger charge is -2.43. The van der Waals surface area contributed by atoms with Gasteiger partial charge in [0.05, 0.1) is 0 Å². The van der Waals surface area contributed by atoms with E-state index in [0.717, 1.165) is 0 Å². The molecule has 0 aliphatic carbocycles. The molecule has 0 aromatic rings. The van der Waals surface area contributed by atoms with Crippen molar-refractivity contribution < 1.29 is 22.0 Å². The normalized spacial score (nSPS) is 16.3. The molecule has 0 bridgehead atoms. The first-order valence-corrected chi connectivity index (χ1v) is 5.55.